The van der Waals surface area contributed by atoms with E-state index in [4.69, 9.17) is 5.73 Å². The van der Waals surface area contributed by atoms with Gasteiger partial charge in [-0.3, -0.25) is 4.79 Å². The van der Waals surface area contributed by atoms with Crippen molar-refractivity contribution in [3.8, 4) is 11.1 Å². The molecule has 0 saturated heterocycles. The lowest BCUT2D eigenvalue weighted by molar-refractivity contribution is 0.875. The van der Waals surface area contributed by atoms with Gasteiger partial charge in [-0.1, -0.05) is 42.5 Å². The summed E-state index contributed by atoms with van der Waals surface area (Å²) in [5.74, 6) is 0. The van der Waals surface area contributed by atoms with E-state index in [9.17, 15) is 4.79 Å². The van der Waals surface area contributed by atoms with Crippen molar-refractivity contribution in [3.05, 3.63) is 70.6 Å². The molecule has 100 valence electrons. The summed E-state index contributed by atoms with van der Waals surface area (Å²) < 4.78 is 1.63. The van der Waals surface area contributed by atoms with Crippen LogP contribution in [0.15, 0.2) is 59.5 Å². The summed E-state index contributed by atoms with van der Waals surface area (Å²) in [7, 11) is 1.78. The van der Waals surface area contributed by atoms with Crippen molar-refractivity contribution in [1.82, 2.24) is 4.57 Å². The minimum absolute atomic E-state index is 0.0305. The molecule has 0 amide bonds. The third kappa shape index (κ3) is 2.02. The van der Waals surface area contributed by atoms with Gasteiger partial charge in [0.25, 0.3) is 5.56 Å². The number of fused-ring (bicyclic) bond motifs is 1. The number of pyridine rings is 1. The maximum absolute atomic E-state index is 12.2. The minimum Gasteiger partial charge on any atom is -0.326 e. The first kappa shape index (κ1) is 12.6. The van der Waals surface area contributed by atoms with E-state index in [1.165, 1.54) is 0 Å². The molecule has 0 aliphatic rings. The van der Waals surface area contributed by atoms with Gasteiger partial charge in [0, 0.05) is 30.7 Å². The zero-order valence-corrected chi connectivity index (χ0v) is 11.3. The van der Waals surface area contributed by atoms with E-state index >= 15 is 0 Å². The number of hydrogen-bond donors (Lipinski definition) is 1. The van der Waals surface area contributed by atoms with Gasteiger partial charge in [-0.05, 0) is 22.6 Å². The van der Waals surface area contributed by atoms with E-state index < -0.39 is 0 Å². The normalized spacial score (nSPS) is 10.9. The van der Waals surface area contributed by atoms with E-state index in [-0.39, 0.29) is 5.56 Å². The Morgan fingerprint density at radius 1 is 1.00 bits per heavy atom. The molecule has 2 aromatic carbocycles. The Morgan fingerprint density at radius 2 is 1.65 bits per heavy atom. The Labute approximate surface area is 117 Å². The number of benzene rings is 2. The van der Waals surface area contributed by atoms with Gasteiger partial charge >= 0.3 is 0 Å². The average molecular weight is 264 g/mol. The van der Waals surface area contributed by atoms with Crippen molar-refractivity contribution in [1.29, 1.82) is 0 Å². The topological polar surface area (TPSA) is 48.0 Å². The van der Waals surface area contributed by atoms with Crippen LogP contribution in [0.2, 0.25) is 0 Å². The maximum Gasteiger partial charge on any atom is 0.258 e. The van der Waals surface area contributed by atoms with Crippen molar-refractivity contribution in [2.24, 2.45) is 12.8 Å². The van der Waals surface area contributed by atoms with Crippen molar-refractivity contribution < 1.29 is 0 Å². The molecule has 0 radical (unpaired) electrons. The van der Waals surface area contributed by atoms with Gasteiger partial charge in [0.15, 0.2) is 0 Å². The molecular formula is C17H16N2O. The fourth-order valence-corrected chi connectivity index (χ4v) is 2.47. The molecule has 0 spiro atoms. The molecule has 0 atom stereocenters. The monoisotopic (exact) mass is 264 g/mol. The third-order valence-electron chi connectivity index (χ3n) is 3.59. The summed E-state index contributed by atoms with van der Waals surface area (Å²) >= 11 is 0. The van der Waals surface area contributed by atoms with E-state index in [0.29, 0.717) is 6.54 Å². The Kier molecular flexibility index (Phi) is 3.12. The Morgan fingerprint density at radius 3 is 2.30 bits per heavy atom. The van der Waals surface area contributed by atoms with Crippen LogP contribution in [0.25, 0.3) is 21.9 Å². The summed E-state index contributed by atoms with van der Waals surface area (Å²) in [5, 5.41) is 1.73. The SMILES string of the molecule is Cn1cc(-c2ccc(CN)cc2)c2ccccc2c1=O. The highest BCUT2D eigenvalue weighted by Crippen LogP contribution is 2.26. The highest BCUT2D eigenvalue weighted by molar-refractivity contribution is 5.95. The molecule has 3 rings (SSSR count). The van der Waals surface area contributed by atoms with Gasteiger partial charge in [-0.2, -0.15) is 0 Å². The van der Waals surface area contributed by atoms with Gasteiger partial charge in [0.1, 0.15) is 0 Å². The number of hydrogen-bond acceptors (Lipinski definition) is 2. The van der Waals surface area contributed by atoms with Gasteiger partial charge < -0.3 is 10.3 Å². The number of nitrogens with zero attached hydrogens (tertiary/aromatic N) is 1. The van der Waals surface area contributed by atoms with Crippen LogP contribution in [0.3, 0.4) is 0 Å². The third-order valence-corrected chi connectivity index (χ3v) is 3.59. The van der Waals surface area contributed by atoms with E-state index in [0.717, 1.165) is 27.5 Å². The fourth-order valence-electron chi connectivity index (χ4n) is 2.47. The molecule has 0 unspecified atom stereocenters. The summed E-state index contributed by atoms with van der Waals surface area (Å²) in [6.45, 7) is 0.536. The number of aromatic nitrogens is 1. The van der Waals surface area contributed by atoms with Gasteiger partial charge in [-0.15, -0.1) is 0 Å². The second-order valence-corrected chi connectivity index (χ2v) is 4.91. The standard InChI is InChI=1S/C17H16N2O/c1-19-11-16(13-8-6-12(10-18)7-9-13)14-4-2-3-5-15(14)17(19)20/h2-9,11H,10,18H2,1H3. The van der Waals surface area contributed by atoms with Crippen LogP contribution in [0.1, 0.15) is 5.56 Å². The quantitative estimate of drug-likeness (QED) is 0.773. The number of aryl methyl sites for hydroxylation is 1. The zero-order valence-electron chi connectivity index (χ0n) is 11.3. The van der Waals surface area contributed by atoms with Crippen LogP contribution < -0.4 is 11.3 Å². The van der Waals surface area contributed by atoms with Gasteiger partial charge in [0.2, 0.25) is 0 Å². The Balaban J connectivity index is 2.30. The summed E-state index contributed by atoms with van der Waals surface area (Å²) in [5.41, 5.74) is 8.91. The number of rotatable bonds is 2. The molecule has 0 saturated carbocycles. The first-order chi connectivity index (χ1) is 9.70. The van der Waals surface area contributed by atoms with Crippen molar-refractivity contribution >= 4 is 10.8 Å². The average Bonchev–Trinajstić information content (AvgIpc) is 2.51. The highest BCUT2D eigenvalue weighted by atomic mass is 16.1. The number of nitrogens with two attached hydrogens (primary N) is 1. The molecule has 0 fully saturated rings. The van der Waals surface area contributed by atoms with E-state index in [2.05, 4.69) is 12.1 Å². The molecule has 0 aliphatic carbocycles. The van der Waals surface area contributed by atoms with Crippen LogP contribution in [-0.4, -0.2) is 4.57 Å². The van der Waals surface area contributed by atoms with Crippen LogP contribution in [-0.2, 0) is 13.6 Å². The smallest absolute Gasteiger partial charge is 0.258 e. The summed E-state index contributed by atoms with van der Waals surface area (Å²) in [4.78, 5) is 12.2. The molecular weight excluding hydrogens is 248 g/mol. The molecule has 3 aromatic rings. The van der Waals surface area contributed by atoms with E-state index in [1.54, 1.807) is 11.6 Å². The fraction of sp³-hybridized carbons (Fsp3) is 0.118. The lowest BCUT2D eigenvalue weighted by Gasteiger charge is -2.10. The predicted octanol–water partition coefficient (Wildman–Crippen LogP) is 2.66. The first-order valence-corrected chi connectivity index (χ1v) is 6.58. The summed E-state index contributed by atoms with van der Waals surface area (Å²) in [6, 6.07) is 15.9. The molecule has 3 nitrogen and oxygen atoms in total. The summed E-state index contributed by atoms with van der Waals surface area (Å²) in [6.07, 6.45) is 1.89. The van der Waals surface area contributed by atoms with Crippen molar-refractivity contribution in [2.75, 3.05) is 0 Å². The van der Waals surface area contributed by atoms with Crippen molar-refractivity contribution in [2.45, 2.75) is 6.54 Å². The lowest BCUT2D eigenvalue weighted by atomic mass is 9.99. The van der Waals surface area contributed by atoms with Crippen molar-refractivity contribution in [3.63, 3.8) is 0 Å². The van der Waals surface area contributed by atoms with Crippen LogP contribution in [0.4, 0.5) is 0 Å². The second-order valence-electron chi connectivity index (χ2n) is 4.91. The van der Waals surface area contributed by atoms with Crippen LogP contribution in [0, 0.1) is 0 Å². The van der Waals surface area contributed by atoms with Crippen LogP contribution >= 0.6 is 0 Å². The molecule has 20 heavy (non-hydrogen) atoms. The molecule has 0 bridgehead atoms. The van der Waals surface area contributed by atoms with Gasteiger partial charge in [0.05, 0.1) is 0 Å². The predicted molar refractivity (Wildman–Crippen MR) is 82.5 cm³/mol. The molecule has 1 heterocycles. The molecule has 2 N–H and O–H groups in total. The van der Waals surface area contributed by atoms with E-state index in [1.807, 2.05) is 42.6 Å². The molecule has 0 aliphatic heterocycles. The molecule has 1 aromatic heterocycles. The lowest BCUT2D eigenvalue weighted by Crippen LogP contribution is -2.16. The minimum atomic E-state index is 0.0305. The Bertz CT molecular complexity index is 817. The first-order valence-electron chi connectivity index (χ1n) is 6.58. The second kappa shape index (κ2) is 4.94. The van der Waals surface area contributed by atoms with Gasteiger partial charge in [-0.25, -0.2) is 0 Å². The zero-order chi connectivity index (χ0) is 14.1. The molecule has 3 heteroatoms. The van der Waals surface area contributed by atoms with Crippen LogP contribution in [0.5, 0.6) is 0 Å². The largest absolute Gasteiger partial charge is 0.326 e. The highest BCUT2D eigenvalue weighted by Gasteiger charge is 2.08. The maximum atomic E-state index is 12.2. The Hall–Kier alpha value is -2.39.